The molecule has 1 saturated carbocycles. The lowest BCUT2D eigenvalue weighted by Gasteiger charge is -2.34. The van der Waals surface area contributed by atoms with Gasteiger partial charge in [0, 0.05) is 6.04 Å². The molecule has 2 atom stereocenters. The molecule has 0 N–H and O–H groups in total. The Morgan fingerprint density at radius 1 is 1.10 bits per heavy atom. The van der Waals surface area contributed by atoms with Crippen LogP contribution in [0.15, 0.2) is 0 Å². The first-order valence-electron chi connectivity index (χ1n) is 4.58. The molecular weight excluding hydrogens is 122 g/mol. The molecule has 0 aromatic carbocycles. The monoisotopic (exact) mass is 139 g/mol. The summed E-state index contributed by atoms with van der Waals surface area (Å²) in [5.41, 5.74) is 0. The van der Waals surface area contributed by atoms with Crippen molar-refractivity contribution in [1.29, 1.82) is 0 Å². The van der Waals surface area contributed by atoms with Gasteiger partial charge in [0.2, 0.25) is 0 Å². The predicted octanol–water partition coefficient (Wildman–Crippen LogP) is 1.88. The second-order valence-corrected chi connectivity index (χ2v) is 3.88. The number of fused-ring (bicyclic) bond motifs is 1. The molecule has 1 aliphatic carbocycles. The quantitative estimate of drug-likeness (QED) is 0.495. The van der Waals surface area contributed by atoms with Crippen LogP contribution < -0.4 is 0 Å². The van der Waals surface area contributed by atoms with Crippen molar-refractivity contribution in [2.45, 2.75) is 38.1 Å². The molecule has 1 nitrogen and oxygen atoms in total. The van der Waals surface area contributed by atoms with Gasteiger partial charge in [-0.05, 0) is 45.2 Å². The second kappa shape index (κ2) is 2.54. The van der Waals surface area contributed by atoms with Crippen molar-refractivity contribution in [3.8, 4) is 0 Å². The molecule has 2 fully saturated rings. The van der Waals surface area contributed by atoms with Crippen LogP contribution >= 0.6 is 0 Å². The van der Waals surface area contributed by atoms with Crippen LogP contribution in [0, 0.1) is 5.92 Å². The molecule has 1 aliphatic heterocycles. The molecule has 1 heterocycles. The van der Waals surface area contributed by atoms with Gasteiger partial charge in [0.25, 0.3) is 0 Å². The average Bonchev–Trinajstić information content (AvgIpc) is 2.36. The van der Waals surface area contributed by atoms with E-state index in [0.717, 1.165) is 12.0 Å². The third kappa shape index (κ3) is 0.968. The van der Waals surface area contributed by atoms with E-state index in [4.69, 9.17) is 0 Å². The Labute approximate surface area is 63.4 Å². The van der Waals surface area contributed by atoms with Crippen LogP contribution in [0.3, 0.4) is 0 Å². The first-order valence-corrected chi connectivity index (χ1v) is 4.58. The summed E-state index contributed by atoms with van der Waals surface area (Å²) in [7, 11) is 2.29. The molecule has 2 aliphatic rings. The van der Waals surface area contributed by atoms with Crippen molar-refractivity contribution in [1.82, 2.24) is 4.90 Å². The summed E-state index contributed by atoms with van der Waals surface area (Å²) in [6.45, 7) is 1.35. The Hall–Kier alpha value is -0.0400. The lowest BCUT2D eigenvalue weighted by molar-refractivity contribution is 0.144. The minimum absolute atomic E-state index is 0.966. The van der Waals surface area contributed by atoms with E-state index in [1.807, 2.05) is 0 Å². The molecule has 0 aromatic rings. The van der Waals surface area contributed by atoms with Crippen LogP contribution in [0.4, 0.5) is 0 Å². The van der Waals surface area contributed by atoms with E-state index in [0.29, 0.717) is 0 Å². The molecule has 58 valence electrons. The molecular formula is C9H17N. The van der Waals surface area contributed by atoms with E-state index in [9.17, 15) is 0 Å². The minimum atomic E-state index is 0.966. The molecule has 1 heteroatoms. The SMILES string of the molecule is CN1CCC[C@@H]2CCC[C@@H]21. The zero-order valence-electron chi connectivity index (χ0n) is 6.84. The molecule has 10 heavy (non-hydrogen) atoms. The van der Waals surface area contributed by atoms with Crippen LogP contribution in [0.5, 0.6) is 0 Å². The third-order valence-electron chi connectivity index (χ3n) is 3.27. The van der Waals surface area contributed by atoms with Gasteiger partial charge in [0.15, 0.2) is 0 Å². The van der Waals surface area contributed by atoms with Crippen LogP contribution in [0.2, 0.25) is 0 Å². The van der Waals surface area contributed by atoms with Gasteiger partial charge in [-0.2, -0.15) is 0 Å². The van der Waals surface area contributed by atoms with E-state index in [1.54, 1.807) is 0 Å². The predicted molar refractivity (Wildman–Crippen MR) is 43.0 cm³/mol. The number of nitrogens with zero attached hydrogens (tertiary/aromatic N) is 1. The highest BCUT2D eigenvalue weighted by Crippen LogP contribution is 2.35. The Morgan fingerprint density at radius 3 is 2.70 bits per heavy atom. The summed E-state index contributed by atoms with van der Waals surface area (Å²) in [4.78, 5) is 2.57. The maximum atomic E-state index is 2.57. The van der Waals surface area contributed by atoms with Gasteiger partial charge < -0.3 is 4.90 Å². The van der Waals surface area contributed by atoms with Crippen molar-refractivity contribution in [3.05, 3.63) is 0 Å². The van der Waals surface area contributed by atoms with E-state index in [1.165, 1.54) is 38.6 Å². The summed E-state index contributed by atoms with van der Waals surface area (Å²) in [5.74, 6) is 1.07. The highest BCUT2D eigenvalue weighted by atomic mass is 15.1. The summed E-state index contributed by atoms with van der Waals surface area (Å²) in [6, 6.07) is 0.966. The smallest absolute Gasteiger partial charge is 0.0120 e. The number of piperidine rings is 1. The van der Waals surface area contributed by atoms with Crippen LogP contribution in [-0.4, -0.2) is 24.5 Å². The highest BCUT2D eigenvalue weighted by Gasteiger charge is 2.32. The van der Waals surface area contributed by atoms with Gasteiger partial charge in [0.05, 0.1) is 0 Å². The molecule has 0 spiro atoms. The Kier molecular flexibility index (Phi) is 1.69. The topological polar surface area (TPSA) is 3.24 Å². The Balaban J connectivity index is 2.03. The first kappa shape index (κ1) is 6.66. The molecule has 0 amide bonds. The zero-order valence-corrected chi connectivity index (χ0v) is 6.84. The molecule has 0 aromatic heterocycles. The van der Waals surface area contributed by atoms with Gasteiger partial charge in [-0.25, -0.2) is 0 Å². The Morgan fingerprint density at radius 2 is 1.90 bits per heavy atom. The van der Waals surface area contributed by atoms with Crippen LogP contribution in [0.25, 0.3) is 0 Å². The van der Waals surface area contributed by atoms with Gasteiger partial charge >= 0.3 is 0 Å². The van der Waals surface area contributed by atoms with Gasteiger partial charge in [-0.1, -0.05) is 6.42 Å². The fourth-order valence-electron chi connectivity index (χ4n) is 2.70. The van der Waals surface area contributed by atoms with Gasteiger partial charge in [-0.15, -0.1) is 0 Å². The molecule has 0 unspecified atom stereocenters. The van der Waals surface area contributed by atoms with E-state index < -0.39 is 0 Å². The molecule has 1 saturated heterocycles. The van der Waals surface area contributed by atoms with Crippen molar-refractivity contribution in [2.75, 3.05) is 13.6 Å². The molecule has 0 bridgehead atoms. The summed E-state index contributed by atoms with van der Waals surface area (Å²) < 4.78 is 0. The normalized spacial score (nSPS) is 41.7. The largest absolute Gasteiger partial charge is 0.303 e. The highest BCUT2D eigenvalue weighted by molar-refractivity contribution is 4.87. The van der Waals surface area contributed by atoms with Crippen molar-refractivity contribution in [2.24, 2.45) is 5.92 Å². The van der Waals surface area contributed by atoms with Gasteiger partial charge in [-0.3, -0.25) is 0 Å². The standard InChI is InChI=1S/C9H17N/c1-10-7-3-5-8-4-2-6-9(8)10/h8-9H,2-7H2,1H3/t8-,9-/m0/s1. The lowest BCUT2D eigenvalue weighted by Crippen LogP contribution is -2.39. The number of hydrogen-bond donors (Lipinski definition) is 0. The Bertz CT molecular complexity index is 122. The van der Waals surface area contributed by atoms with E-state index in [-0.39, 0.29) is 0 Å². The molecule has 2 rings (SSSR count). The average molecular weight is 139 g/mol. The maximum absolute atomic E-state index is 2.57. The summed E-state index contributed by atoms with van der Waals surface area (Å²) in [5, 5.41) is 0. The summed E-state index contributed by atoms with van der Waals surface area (Å²) in [6.07, 6.45) is 7.42. The fourth-order valence-corrected chi connectivity index (χ4v) is 2.70. The zero-order chi connectivity index (χ0) is 6.97. The van der Waals surface area contributed by atoms with Crippen molar-refractivity contribution >= 4 is 0 Å². The number of rotatable bonds is 0. The fraction of sp³-hybridized carbons (Fsp3) is 1.00. The molecule has 0 radical (unpaired) electrons. The first-order chi connectivity index (χ1) is 4.88. The van der Waals surface area contributed by atoms with Crippen molar-refractivity contribution < 1.29 is 0 Å². The lowest BCUT2D eigenvalue weighted by atomic mass is 9.93. The van der Waals surface area contributed by atoms with Crippen LogP contribution in [-0.2, 0) is 0 Å². The number of likely N-dealkylation sites (tertiary alicyclic amines) is 1. The second-order valence-electron chi connectivity index (χ2n) is 3.88. The summed E-state index contributed by atoms with van der Waals surface area (Å²) >= 11 is 0. The van der Waals surface area contributed by atoms with E-state index >= 15 is 0 Å². The van der Waals surface area contributed by atoms with E-state index in [2.05, 4.69) is 11.9 Å². The van der Waals surface area contributed by atoms with Gasteiger partial charge in [0.1, 0.15) is 0 Å². The van der Waals surface area contributed by atoms with Crippen LogP contribution in [0.1, 0.15) is 32.1 Å². The minimum Gasteiger partial charge on any atom is -0.303 e. The number of hydrogen-bond acceptors (Lipinski definition) is 1. The maximum Gasteiger partial charge on any atom is 0.0120 e. The third-order valence-corrected chi connectivity index (χ3v) is 3.27. The van der Waals surface area contributed by atoms with Crippen molar-refractivity contribution in [3.63, 3.8) is 0 Å².